The van der Waals surface area contributed by atoms with Crippen LogP contribution in [0.1, 0.15) is 16.1 Å². The number of furan rings is 1. The van der Waals surface area contributed by atoms with Gasteiger partial charge in [0, 0.05) is 4.88 Å². The van der Waals surface area contributed by atoms with Crippen LogP contribution < -0.4 is 5.63 Å². The number of para-hydroxylation sites is 2. The van der Waals surface area contributed by atoms with E-state index in [-0.39, 0.29) is 22.5 Å². The molecule has 3 heterocycles. The van der Waals surface area contributed by atoms with E-state index in [2.05, 4.69) is 0 Å². The minimum Gasteiger partial charge on any atom is -0.507 e. The fourth-order valence-corrected chi connectivity index (χ4v) is 4.09. The molecule has 6 heteroatoms. The number of carbonyl (C=O) groups is 1. The van der Waals surface area contributed by atoms with Crippen molar-refractivity contribution in [2.45, 2.75) is 0 Å². The lowest BCUT2D eigenvalue weighted by Gasteiger charge is -2.03. The van der Waals surface area contributed by atoms with Crippen molar-refractivity contribution >= 4 is 39.1 Å². The SMILES string of the molecule is O=C(c1ccccc1O)c1oc2c(c1-c1cccs1)c(=O)oc1ccccc12. The molecule has 5 aromatic rings. The molecular formula is C22H12O5S. The van der Waals surface area contributed by atoms with Crippen molar-refractivity contribution in [2.75, 3.05) is 0 Å². The highest BCUT2D eigenvalue weighted by Gasteiger charge is 2.28. The lowest BCUT2D eigenvalue weighted by Crippen LogP contribution is -2.03. The van der Waals surface area contributed by atoms with Gasteiger partial charge >= 0.3 is 5.63 Å². The van der Waals surface area contributed by atoms with E-state index in [0.29, 0.717) is 27.0 Å². The molecule has 0 aliphatic carbocycles. The van der Waals surface area contributed by atoms with Crippen LogP contribution in [0.25, 0.3) is 32.4 Å². The molecule has 0 spiro atoms. The molecule has 0 aliphatic heterocycles. The van der Waals surface area contributed by atoms with Crippen LogP contribution in [-0.4, -0.2) is 10.9 Å². The Hall–Kier alpha value is -3.64. The molecule has 28 heavy (non-hydrogen) atoms. The van der Waals surface area contributed by atoms with Crippen LogP contribution in [0.3, 0.4) is 0 Å². The number of ketones is 1. The summed E-state index contributed by atoms with van der Waals surface area (Å²) in [6, 6.07) is 16.9. The Balaban J connectivity index is 1.92. The van der Waals surface area contributed by atoms with E-state index in [1.165, 1.54) is 23.5 Å². The Morgan fingerprint density at radius 2 is 1.71 bits per heavy atom. The van der Waals surface area contributed by atoms with Crippen LogP contribution in [-0.2, 0) is 0 Å². The second-order valence-corrected chi connectivity index (χ2v) is 7.17. The molecule has 1 N–H and O–H groups in total. The largest absolute Gasteiger partial charge is 0.507 e. The first-order valence-electron chi connectivity index (χ1n) is 8.50. The first-order valence-corrected chi connectivity index (χ1v) is 9.38. The number of fused-ring (bicyclic) bond motifs is 3. The molecule has 5 nitrogen and oxygen atoms in total. The van der Waals surface area contributed by atoms with Crippen molar-refractivity contribution in [1.29, 1.82) is 0 Å². The third-order valence-electron chi connectivity index (χ3n) is 4.57. The first kappa shape index (κ1) is 16.5. The van der Waals surface area contributed by atoms with Crippen LogP contribution in [0.2, 0.25) is 0 Å². The predicted molar refractivity (Wildman–Crippen MR) is 107 cm³/mol. The van der Waals surface area contributed by atoms with E-state index < -0.39 is 11.4 Å². The van der Waals surface area contributed by atoms with Gasteiger partial charge in [-0.25, -0.2) is 4.79 Å². The number of phenols is 1. The maximum absolute atomic E-state index is 13.2. The minimum atomic E-state index is -0.572. The standard InChI is InChI=1S/C22H12O5S/c23-14-8-3-1-6-12(14)19(24)21-17(16-10-5-11-28-16)18-20(27-21)13-7-2-4-9-15(13)26-22(18)25/h1-11,23H. The summed E-state index contributed by atoms with van der Waals surface area (Å²) < 4.78 is 11.4. The molecule has 136 valence electrons. The van der Waals surface area contributed by atoms with E-state index in [0.717, 1.165) is 0 Å². The molecular weight excluding hydrogens is 376 g/mol. The Bertz CT molecular complexity index is 1410. The molecule has 0 aliphatic rings. The Morgan fingerprint density at radius 3 is 2.50 bits per heavy atom. The molecule has 2 aromatic carbocycles. The number of hydrogen-bond donors (Lipinski definition) is 1. The maximum Gasteiger partial charge on any atom is 0.348 e. The highest BCUT2D eigenvalue weighted by atomic mass is 32.1. The van der Waals surface area contributed by atoms with Gasteiger partial charge in [0.05, 0.1) is 16.5 Å². The van der Waals surface area contributed by atoms with Crippen molar-refractivity contribution in [1.82, 2.24) is 0 Å². The van der Waals surface area contributed by atoms with Crippen molar-refractivity contribution in [3.8, 4) is 16.2 Å². The molecule has 0 saturated carbocycles. The second kappa shape index (κ2) is 6.21. The maximum atomic E-state index is 13.2. The lowest BCUT2D eigenvalue weighted by molar-refractivity contribution is 0.101. The van der Waals surface area contributed by atoms with Crippen LogP contribution in [0.5, 0.6) is 5.75 Å². The van der Waals surface area contributed by atoms with Crippen LogP contribution >= 0.6 is 11.3 Å². The van der Waals surface area contributed by atoms with E-state index >= 15 is 0 Å². The number of hydrogen-bond acceptors (Lipinski definition) is 6. The number of aromatic hydroxyl groups is 1. The molecule has 0 bridgehead atoms. The fourth-order valence-electron chi connectivity index (χ4n) is 3.31. The van der Waals surface area contributed by atoms with E-state index in [1.807, 2.05) is 17.5 Å². The summed E-state index contributed by atoms with van der Waals surface area (Å²) in [5, 5.41) is 12.8. The molecule has 0 saturated heterocycles. The molecule has 0 fully saturated rings. The Morgan fingerprint density at radius 1 is 0.929 bits per heavy atom. The van der Waals surface area contributed by atoms with Crippen molar-refractivity contribution < 1.29 is 18.7 Å². The van der Waals surface area contributed by atoms with Crippen molar-refractivity contribution in [3.63, 3.8) is 0 Å². The Kier molecular flexibility index (Phi) is 3.67. The van der Waals surface area contributed by atoms with Crippen LogP contribution in [0.4, 0.5) is 0 Å². The van der Waals surface area contributed by atoms with Crippen molar-refractivity contribution in [3.05, 3.63) is 87.8 Å². The van der Waals surface area contributed by atoms with Gasteiger partial charge in [0.1, 0.15) is 16.7 Å². The predicted octanol–water partition coefficient (Wildman–Crippen LogP) is 5.20. The quantitative estimate of drug-likeness (QED) is 0.339. The van der Waals surface area contributed by atoms with Crippen molar-refractivity contribution in [2.24, 2.45) is 0 Å². The second-order valence-electron chi connectivity index (χ2n) is 6.22. The topological polar surface area (TPSA) is 80.6 Å². The number of rotatable bonds is 3. The van der Waals surface area contributed by atoms with E-state index in [4.69, 9.17) is 8.83 Å². The zero-order valence-corrected chi connectivity index (χ0v) is 15.2. The minimum absolute atomic E-state index is 0.00241. The summed E-state index contributed by atoms with van der Waals surface area (Å²) in [5.41, 5.74) is 0.602. The van der Waals surface area contributed by atoms with Crippen LogP contribution in [0.15, 0.2) is 79.7 Å². The molecule has 0 atom stereocenters. The fraction of sp³-hybridized carbons (Fsp3) is 0. The normalized spacial score (nSPS) is 11.3. The van der Waals surface area contributed by atoms with Gasteiger partial charge in [0.15, 0.2) is 11.3 Å². The summed E-state index contributed by atoms with van der Waals surface area (Å²) in [5.74, 6) is -0.647. The molecule has 0 unspecified atom stereocenters. The lowest BCUT2D eigenvalue weighted by atomic mass is 10.0. The smallest absolute Gasteiger partial charge is 0.348 e. The van der Waals surface area contributed by atoms with Gasteiger partial charge in [-0.1, -0.05) is 30.3 Å². The van der Waals surface area contributed by atoms with Gasteiger partial charge in [-0.15, -0.1) is 11.3 Å². The molecule has 3 aromatic heterocycles. The third kappa shape index (κ3) is 2.39. The highest BCUT2D eigenvalue weighted by Crippen LogP contribution is 2.39. The van der Waals surface area contributed by atoms with E-state index in [9.17, 15) is 14.7 Å². The first-order chi connectivity index (χ1) is 13.6. The monoisotopic (exact) mass is 388 g/mol. The third-order valence-corrected chi connectivity index (χ3v) is 5.46. The number of benzene rings is 2. The van der Waals surface area contributed by atoms with Gasteiger partial charge in [0.25, 0.3) is 0 Å². The average molecular weight is 388 g/mol. The van der Waals surface area contributed by atoms with Gasteiger partial charge in [0.2, 0.25) is 5.78 Å². The summed E-state index contributed by atoms with van der Waals surface area (Å²) in [7, 11) is 0. The number of carbonyl (C=O) groups excluding carboxylic acids is 1. The average Bonchev–Trinajstić information content (AvgIpc) is 3.36. The van der Waals surface area contributed by atoms with Gasteiger partial charge in [-0.3, -0.25) is 4.79 Å². The Labute approximate surface area is 162 Å². The van der Waals surface area contributed by atoms with Gasteiger partial charge in [-0.05, 0) is 35.7 Å². The van der Waals surface area contributed by atoms with Crippen LogP contribution in [0, 0.1) is 0 Å². The van der Waals surface area contributed by atoms with Gasteiger partial charge in [-0.2, -0.15) is 0 Å². The summed E-state index contributed by atoms with van der Waals surface area (Å²) >= 11 is 1.39. The summed E-state index contributed by atoms with van der Waals surface area (Å²) in [4.78, 5) is 26.7. The summed E-state index contributed by atoms with van der Waals surface area (Å²) in [6.45, 7) is 0. The highest BCUT2D eigenvalue weighted by molar-refractivity contribution is 7.13. The molecule has 5 rings (SSSR count). The van der Waals surface area contributed by atoms with E-state index in [1.54, 1.807) is 36.4 Å². The number of thiophene rings is 1. The zero-order chi connectivity index (χ0) is 19.3. The van der Waals surface area contributed by atoms with Gasteiger partial charge < -0.3 is 13.9 Å². The molecule has 0 radical (unpaired) electrons. The number of phenolic OH excluding ortho intramolecular Hbond substituents is 1. The zero-order valence-electron chi connectivity index (χ0n) is 14.3. The summed E-state index contributed by atoms with van der Waals surface area (Å²) in [6.07, 6.45) is 0. The molecule has 0 amide bonds.